The Morgan fingerprint density at radius 3 is 2.65 bits per heavy atom. The second kappa shape index (κ2) is 6.06. The minimum atomic E-state index is -0.135. The van der Waals surface area contributed by atoms with Gasteiger partial charge in [0.2, 0.25) is 0 Å². The molecule has 1 N–H and O–H groups in total. The van der Waals surface area contributed by atoms with E-state index in [0.29, 0.717) is 5.15 Å². The van der Waals surface area contributed by atoms with E-state index in [1.54, 1.807) is 17.4 Å². The number of rotatable bonds is 4. The first-order chi connectivity index (χ1) is 9.40. The number of nitrogens with one attached hydrogen (secondary N) is 1. The highest BCUT2D eigenvalue weighted by molar-refractivity contribution is 7.09. The molecule has 4 nitrogen and oxygen atoms in total. The van der Waals surface area contributed by atoms with Crippen molar-refractivity contribution >= 4 is 28.8 Å². The van der Waals surface area contributed by atoms with E-state index in [2.05, 4.69) is 48.0 Å². The molecular formula is C14H19ClN4S. The fourth-order valence-corrected chi connectivity index (χ4v) is 2.71. The summed E-state index contributed by atoms with van der Waals surface area (Å²) in [5.74, 6) is 1.48. The van der Waals surface area contributed by atoms with Crippen molar-refractivity contribution in [1.29, 1.82) is 0 Å². The van der Waals surface area contributed by atoms with Crippen LogP contribution in [0.2, 0.25) is 5.15 Å². The number of hydrogen-bond donors (Lipinski definition) is 1. The second-order valence-electron chi connectivity index (χ2n) is 5.63. The maximum absolute atomic E-state index is 6.10. The zero-order valence-corrected chi connectivity index (χ0v) is 13.7. The van der Waals surface area contributed by atoms with Gasteiger partial charge in [-0.2, -0.15) is 0 Å². The van der Waals surface area contributed by atoms with Crippen LogP contribution in [0.5, 0.6) is 0 Å². The van der Waals surface area contributed by atoms with E-state index >= 15 is 0 Å². The molecule has 2 rings (SSSR count). The van der Waals surface area contributed by atoms with Gasteiger partial charge in [-0.15, -0.1) is 11.3 Å². The van der Waals surface area contributed by atoms with Crippen LogP contribution in [0, 0.1) is 0 Å². The predicted molar refractivity (Wildman–Crippen MR) is 84.5 cm³/mol. The van der Waals surface area contributed by atoms with Gasteiger partial charge in [-0.25, -0.2) is 15.0 Å². The van der Waals surface area contributed by atoms with Gasteiger partial charge < -0.3 is 5.32 Å². The largest absolute Gasteiger partial charge is 0.361 e. The summed E-state index contributed by atoms with van der Waals surface area (Å²) in [5.41, 5.74) is -0.135. The summed E-state index contributed by atoms with van der Waals surface area (Å²) in [6, 6.07) is 1.90. The van der Waals surface area contributed by atoms with Crippen molar-refractivity contribution in [1.82, 2.24) is 15.0 Å². The molecule has 0 aliphatic rings. The summed E-state index contributed by atoms with van der Waals surface area (Å²) in [6.45, 7) is 8.33. The van der Waals surface area contributed by atoms with Crippen LogP contribution in [-0.2, 0) is 5.41 Å². The van der Waals surface area contributed by atoms with Crippen LogP contribution in [0.25, 0.3) is 0 Å². The van der Waals surface area contributed by atoms with E-state index in [9.17, 15) is 0 Å². The van der Waals surface area contributed by atoms with Gasteiger partial charge in [0.05, 0.1) is 6.04 Å². The lowest BCUT2D eigenvalue weighted by Crippen LogP contribution is -2.18. The van der Waals surface area contributed by atoms with Gasteiger partial charge in [0.15, 0.2) is 0 Å². The lowest BCUT2D eigenvalue weighted by molar-refractivity contribution is 0.545. The highest BCUT2D eigenvalue weighted by Crippen LogP contribution is 2.26. The summed E-state index contributed by atoms with van der Waals surface area (Å²) in [5, 5.41) is 6.89. The highest BCUT2D eigenvalue weighted by atomic mass is 35.5. The Morgan fingerprint density at radius 2 is 2.10 bits per heavy atom. The summed E-state index contributed by atoms with van der Waals surface area (Å²) in [7, 11) is 0. The molecule has 0 aliphatic heterocycles. The summed E-state index contributed by atoms with van der Waals surface area (Å²) >= 11 is 7.74. The molecule has 0 saturated heterocycles. The van der Waals surface area contributed by atoms with Gasteiger partial charge in [0, 0.05) is 23.1 Å². The third-order valence-corrected chi connectivity index (χ3v) is 3.93. The van der Waals surface area contributed by atoms with Gasteiger partial charge in [0.1, 0.15) is 21.8 Å². The Hall–Kier alpha value is -1.20. The maximum Gasteiger partial charge on any atom is 0.137 e. The molecular weight excluding hydrogens is 292 g/mol. The molecule has 0 saturated carbocycles. The number of aromatic nitrogens is 3. The Morgan fingerprint density at radius 1 is 1.35 bits per heavy atom. The molecule has 2 heterocycles. The molecule has 0 bridgehead atoms. The molecule has 1 unspecified atom stereocenters. The van der Waals surface area contributed by atoms with Gasteiger partial charge >= 0.3 is 0 Å². The topological polar surface area (TPSA) is 50.7 Å². The molecule has 2 aromatic heterocycles. The first-order valence-corrected chi connectivity index (χ1v) is 7.87. The van der Waals surface area contributed by atoms with Gasteiger partial charge in [-0.05, 0) is 6.42 Å². The first-order valence-electron chi connectivity index (χ1n) is 6.61. The third-order valence-electron chi connectivity index (χ3n) is 2.85. The minimum absolute atomic E-state index is 0.135. The summed E-state index contributed by atoms with van der Waals surface area (Å²) < 4.78 is 0. The van der Waals surface area contributed by atoms with Crippen molar-refractivity contribution < 1.29 is 0 Å². The van der Waals surface area contributed by atoms with E-state index in [0.717, 1.165) is 23.1 Å². The van der Waals surface area contributed by atoms with Crippen LogP contribution >= 0.6 is 22.9 Å². The average Bonchev–Trinajstić information content (AvgIpc) is 2.88. The average molecular weight is 311 g/mol. The lowest BCUT2D eigenvalue weighted by Gasteiger charge is -2.20. The molecule has 1 atom stereocenters. The first kappa shape index (κ1) is 15.2. The molecule has 0 aliphatic carbocycles. The zero-order valence-electron chi connectivity index (χ0n) is 12.1. The van der Waals surface area contributed by atoms with Crippen molar-refractivity contribution in [3.8, 4) is 0 Å². The number of thiazole rings is 1. The third kappa shape index (κ3) is 3.67. The Balaban J connectivity index is 2.27. The molecule has 0 radical (unpaired) electrons. The molecule has 20 heavy (non-hydrogen) atoms. The number of hydrogen-bond acceptors (Lipinski definition) is 5. The van der Waals surface area contributed by atoms with Crippen LogP contribution in [-0.4, -0.2) is 15.0 Å². The van der Waals surface area contributed by atoms with Crippen LogP contribution < -0.4 is 5.32 Å². The van der Waals surface area contributed by atoms with Crippen molar-refractivity contribution in [2.24, 2.45) is 0 Å². The second-order valence-corrected chi connectivity index (χ2v) is 6.94. The molecule has 0 spiro atoms. The smallest absolute Gasteiger partial charge is 0.137 e. The van der Waals surface area contributed by atoms with Crippen LogP contribution in [0.15, 0.2) is 17.6 Å². The molecule has 6 heteroatoms. The lowest BCUT2D eigenvalue weighted by atomic mass is 9.96. The Labute approximate surface area is 128 Å². The fourth-order valence-electron chi connectivity index (χ4n) is 1.75. The molecule has 2 aromatic rings. The normalized spacial score (nSPS) is 13.2. The summed E-state index contributed by atoms with van der Waals surface area (Å²) in [6.07, 6.45) is 2.75. The van der Waals surface area contributed by atoms with E-state index in [4.69, 9.17) is 11.6 Å². The molecule has 0 aromatic carbocycles. The van der Waals surface area contributed by atoms with Crippen molar-refractivity contribution in [3.05, 3.63) is 33.6 Å². The number of nitrogens with zero attached hydrogens (tertiary/aromatic N) is 3. The molecule has 0 fully saturated rings. The van der Waals surface area contributed by atoms with E-state index in [1.807, 2.05) is 11.6 Å². The zero-order chi connectivity index (χ0) is 14.8. The molecule has 108 valence electrons. The Kier molecular flexibility index (Phi) is 4.60. The van der Waals surface area contributed by atoms with Gasteiger partial charge in [0.25, 0.3) is 0 Å². The highest BCUT2D eigenvalue weighted by Gasteiger charge is 2.20. The van der Waals surface area contributed by atoms with Crippen molar-refractivity contribution in [3.63, 3.8) is 0 Å². The Bertz CT molecular complexity index is 563. The maximum atomic E-state index is 6.10. The van der Waals surface area contributed by atoms with Crippen molar-refractivity contribution in [2.45, 2.75) is 45.6 Å². The van der Waals surface area contributed by atoms with E-state index < -0.39 is 0 Å². The fraction of sp³-hybridized carbons (Fsp3) is 0.500. The monoisotopic (exact) mass is 310 g/mol. The van der Waals surface area contributed by atoms with Crippen LogP contribution in [0.4, 0.5) is 5.82 Å². The summed E-state index contributed by atoms with van der Waals surface area (Å²) in [4.78, 5) is 13.2. The van der Waals surface area contributed by atoms with Crippen LogP contribution in [0.3, 0.4) is 0 Å². The minimum Gasteiger partial charge on any atom is -0.361 e. The van der Waals surface area contributed by atoms with E-state index in [-0.39, 0.29) is 11.5 Å². The number of anilines is 1. The van der Waals surface area contributed by atoms with Gasteiger partial charge in [-0.3, -0.25) is 0 Å². The van der Waals surface area contributed by atoms with Gasteiger partial charge in [-0.1, -0.05) is 39.3 Å². The van der Waals surface area contributed by atoms with Crippen molar-refractivity contribution in [2.75, 3.05) is 5.32 Å². The van der Waals surface area contributed by atoms with Crippen LogP contribution in [0.1, 0.15) is 51.0 Å². The van der Waals surface area contributed by atoms with E-state index in [1.165, 1.54) is 0 Å². The SMILES string of the molecule is CCC(Nc1cc(Cl)nc(C(C)(C)C)n1)c1nccs1. The predicted octanol–water partition coefficient (Wildman–Crippen LogP) is 4.45. The molecule has 0 amide bonds. The standard InChI is InChI=1S/C14H19ClN4S/c1-5-9(12-16-6-7-20-12)17-11-8-10(15)18-13(19-11)14(2,3)4/h6-9H,5H2,1-4H3,(H,17,18,19). The number of halogens is 1. The quantitative estimate of drug-likeness (QED) is 0.848.